The van der Waals surface area contributed by atoms with Crippen LogP contribution in [0.5, 0.6) is 0 Å². The van der Waals surface area contributed by atoms with Crippen LogP contribution in [0.4, 0.5) is 0 Å². The molecular formula is C20H23N5O. The highest BCUT2D eigenvalue weighted by molar-refractivity contribution is 5.86. The van der Waals surface area contributed by atoms with Crippen molar-refractivity contribution < 1.29 is 4.79 Å². The standard InChI is InChI=1S/C20H23N5O/c1-25-12-16(11-22-25)14-4-7-19-15(8-14)9-18(23-24-19)10-20(26)13-2-5-17(21)6-3-13/h4,7-9,11-13,17H,2-3,5-6,10,21H2,1H3. The molecule has 2 heterocycles. The van der Waals surface area contributed by atoms with E-state index in [0.717, 1.165) is 53.4 Å². The molecule has 6 heteroatoms. The molecule has 26 heavy (non-hydrogen) atoms. The lowest BCUT2D eigenvalue weighted by molar-refractivity contribution is -0.123. The highest BCUT2D eigenvalue weighted by atomic mass is 16.1. The van der Waals surface area contributed by atoms with Gasteiger partial charge in [-0.2, -0.15) is 15.3 Å². The average molecular weight is 349 g/mol. The molecule has 1 aliphatic carbocycles. The highest BCUT2D eigenvalue weighted by Crippen LogP contribution is 2.26. The summed E-state index contributed by atoms with van der Waals surface area (Å²) >= 11 is 0. The van der Waals surface area contributed by atoms with E-state index in [-0.39, 0.29) is 17.7 Å². The van der Waals surface area contributed by atoms with Gasteiger partial charge in [0.2, 0.25) is 0 Å². The second-order valence-corrected chi connectivity index (χ2v) is 7.27. The van der Waals surface area contributed by atoms with Crippen molar-refractivity contribution in [2.75, 3.05) is 0 Å². The molecular weight excluding hydrogens is 326 g/mol. The number of aromatic nitrogens is 4. The van der Waals surface area contributed by atoms with Crippen molar-refractivity contribution in [3.63, 3.8) is 0 Å². The van der Waals surface area contributed by atoms with E-state index < -0.39 is 0 Å². The third-order valence-electron chi connectivity index (χ3n) is 5.26. The fraction of sp³-hybridized carbons (Fsp3) is 0.400. The topological polar surface area (TPSA) is 86.7 Å². The lowest BCUT2D eigenvalue weighted by Gasteiger charge is -2.24. The summed E-state index contributed by atoms with van der Waals surface area (Å²) in [4.78, 5) is 12.6. The Balaban J connectivity index is 1.55. The molecule has 0 radical (unpaired) electrons. The molecule has 6 nitrogen and oxygen atoms in total. The Bertz CT molecular complexity index is 940. The number of carbonyl (C=O) groups excluding carboxylic acids is 1. The number of hydrogen-bond donors (Lipinski definition) is 1. The predicted molar refractivity (Wildman–Crippen MR) is 100 cm³/mol. The predicted octanol–water partition coefficient (Wildman–Crippen LogP) is 2.66. The van der Waals surface area contributed by atoms with Gasteiger partial charge in [-0.1, -0.05) is 6.07 Å². The van der Waals surface area contributed by atoms with Crippen LogP contribution in [-0.2, 0) is 18.3 Å². The molecule has 1 aliphatic rings. The second-order valence-electron chi connectivity index (χ2n) is 7.27. The first-order chi connectivity index (χ1) is 12.6. The molecule has 3 aromatic rings. The van der Waals surface area contributed by atoms with Gasteiger partial charge in [0.05, 0.1) is 23.8 Å². The summed E-state index contributed by atoms with van der Waals surface area (Å²) < 4.78 is 1.78. The maximum absolute atomic E-state index is 12.6. The zero-order chi connectivity index (χ0) is 18.1. The van der Waals surface area contributed by atoms with Gasteiger partial charge in [0.25, 0.3) is 0 Å². The van der Waals surface area contributed by atoms with E-state index in [9.17, 15) is 4.79 Å². The third-order valence-corrected chi connectivity index (χ3v) is 5.26. The molecule has 2 aromatic heterocycles. The molecule has 1 aromatic carbocycles. The Hall–Kier alpha value is -2.60. The number of ketones is 1. The van der Waals surface area contributed by atoms with E-state index >= 15 is 0 Å². The summed E-state index contributed by atoms with van der Waals surface area (Å²) in [5.74, 6) is 0.378. The normalized spacial score (nSPS) is 20.4. The van der Waals surface area contributed by atoms with E-state index in [1.807, 2.05) is 37.6 Å². The largest absolute Gasteiger partial charge is 0.328 e. The first-order valence-corrected chi connectivity index (χ1v) is 9.12. The minimum absolute atomic E-state index is 0.119. The Morgan fingerprint density at radius 1 is 1.15 bits per heavy atom. The number of carbonyl (C=O) groups is 1. The fourth-order valence-electron chi connectivity index (χ4n) is 3.69. The van der Waals surface area contributed by atoms with Crippen LogP contribution in [0.3, 0.4) is 0 Å². The minimum atomic E-state index is 0.119. The maximum Gasteiger partial charge on any atom is 0.141 e. The maximum atomic E-state index is 12.6. The van der Waals surface area contributed by atoms with E-state index in [0.29, 0.717) is 6.42 Å². The number of aryl methyl sites for hydroxylation is 1. The Labute approximate surface area is 152 Å². The number of nitrogens with two attached hydrogens (primary N) is 1. The summed E-state index contributed by atoms with van der Waals surface area (Å²) in [6.07, 6.45) is 7.84. The fourth-order valence-corrected chi connectivity index (χ4v) is 3.69. The average Bonchev–Trinajstić information content (AvgIpc) is 3.08. The van der Waals surface area contributed by atoms with Gasteiger partial charge in [0, 0.05) is 36.2 Å². The van der Waals surface area contributed by atoms with E-state index in [1.165, 1.54) is 0 Å². The Morgan fingerprint density at radius 2 is 1.96 bits per heavy atom. The van der Waals surface area contributed by atoms with Gasteiger partial charge in [-0.3, -0.25) is 9.48 Å². The van der Waals surface area contributed by atoms with Crippen molar-refractivity contribution in [3.8, 4) is 11.1 Å². The van der Waals surface area contributed by atoms with Gasteiger partial charge in [0.15, 0.2) is 0 Å². The van der Waals surface area contributed by atoms with Crippen LogP contribution < -0.4 is 5.73 Å². The van der Waals surface area contributed by atoms with Gasteiger partial charge < -0.3 is 5.73 Å². The van der Waals surface area contributed by atoms with Crippen molar-refractivity contribution in [3.05, 3.63) is 42.4 Å². The highest BCUT2D eigenvalue weighted by Gasteiger charge is 2.24. The van der Waals surface area contributed by atoms with Crippen LogP contribution in [0, 0.1) is 5.92 Å². The first kappa shape index (κ1) is 16.8. The molecule has 1 saturated carbocycles. The minimum Gasteiger partial charge on any atom is -0.328 e. The van der Waals surface area contributed by atoms with Crippen molar-refractivity contribution in [1.82, 2.24) is 20.0 Å². The van der Waals surface area contributed by atoms with Crippen LogP contribution >= 0.6 is 0 Å². The molecule has 0 bridgehead atoms. The monoisotopic (exact) mass is 349 g/mol. The van der Waals surface area contributed by atoms with Crippen molar-refractivity contribution >= 4 is 16.7 Å². The SMILES string of the molecule is Cn1cc(-c2ccc3nnc(CC(=O)C4CCC(N)CC4)cc3c2)cn1. The van der Waals surface area contributed by atoms with Gasteiger partial charge >= 0.3 is 0 Å². The van der Waals surface area contributed by atoms with Gasteiger partial charge in [-0.15, -0.1) is 0 Å². The van der Waals surface area contributed by atoms with Crippen LogP contribution in [0.2, 0.25) is 0 Å². The van der Waals surface area contributed by atoms with Crippen LogP contribution in [0.1, 0.15) is 31.4 Å². The molecule has 0 aliphatic heterocycles. The molecule has 1 fully saturated rings. The summed E-state index contributed by atoms with van der Waals surface area (Å²) in [6, 6.07) is 8.29. The molecule has 0 amide bonds. The summed E-state index contributed by atoms with van der Waals surface area (Å²) in [6.45, 7) is 0. The number of rotatable bonds is 4. The zero-order valence-electron chi connectivity index (χ0n) is 14.9. The van der Waals surface area contributed by atoms with Crippen molar-refractivity contribution in [2.24, 2.45) is 18.7 Å². The van der Waals surface area contributed by atoms with Gasteiger partial charge in [-0.25, -0.2) is 0 Å². The lowest BCUT2D eigenvalue weighted by Crippen LogP contribution is -2.30. The van der Waals surface area contributed by atoms with Crippen molar-refractivity contribution in [2.45, 2.75) is 38.1 Å². The summed E-state index contributed by atoms with van der Waals surface area (Å²) in [7, 11) is 1.90. The number of Topliss-reactive ketones (excluding diaryl/α,β-unsaturated/α-hetero) is 1. The lowest BCUT2D eigenvalue weighted by atomic mass is 9.82. The summed E-state index contributed by atoms with van der Waals surface area (Å²) in [5.41, 5.74) is 9.64. The first-order valence-electron chi connectivity index (χ1n) is 9.12. The zero-order valence-corrected chi connectivity index (χ0v) is 14.9. The second kappa shape index (κ2) is 6.96. The van der Waals surface area contributed by atoms with Crippen LogP contribution in [0.15, 0.2) is 36.7 Å². The summed E-state index contributed by atoms with van der Waals surface area (Å²) in [5, 5.41) is 13.8. The molecule has 134 valence electrons. The molecule has 0 spiro atoms. The molecule has 0 saturated heterocycles. The van der Waals surface area contributed by atoms with Crippen molar-refractivity contribution in [1.29, 1.82) is 0 Å². The number of benzene rings is 1. The third kappa shape index (κ3) is 3.51. The number of hydrogen-bond acceptors (Lipinski definition) is 5. The van der Waals surface area contributed by atoms with Gasteiger partial charge in [-0.05, 0) is 49.4 Å². The quantitative estimate of drug-likeness (QED) is 0.782. The van der Waals surface area contributed by atoms with Gasteiger partial charge in [0.1, 0.15) is 5.78 Å². The molecule has 0 unspecified atom stereocenters. The smallest absolute Gasteiger partial charge is 0.141 e. The molecule has 0 atom stereocenters. The van der Waals surface area contributed by atoms with E-state index in [4.69, 9.17) is 5.73 Å². The molecule has 2 N–H and O–H groups in total. The van der Waals surface area contributed by atoms with E-state index in [1.54, 1.807) is 4.68 Å². The Morgan fingerprint density at radius 3 is 2.69 bits per heavy atom. The Kier molecular flexibility index (Phi) is 4.51. The number of nitrogens with zero attached hydrogens (tertiary/aromatic N) is 4. The van der Waals surface area contributed by atoms with E-state index in [2.05, 4.69) is 21.4 Å². The molecule has 4 rings (SSSR count). The van der Waals surface area contributed by atoms with Crippen LogP contribution in [-0.4, -0.2) is 31.8 Å². The number of fused-ring (bicyclic) bond motifs is 1. The van der Waals surface area contributed by atoms with Crippen LogP contribution in [0.25, 0.3) is 22.0 Å².